The highest BCUT2D eigenvalue weighted by molar-refractivity contribution is 6.30. The Morgan fingerprint density at radius 3 is 2.45 bits per heavy atom. The normalized spacial score (nSPS) is 11.2. The molecule has 0 atom stereocenters. The number of halogens is 1. The lowest BCUT2D eigenvalue weighted by molar-refractivity contribution is 0.0955. The molecular formula is C14H21ClN4O. The van der Waals surface area contributed by atoms with E-state index < -0.39 is 0 Å². The summed E-state index contributed by atoms with van der Waals surface area (Å²) < 4.78 is 0. The summed E-state index contributed by atoms with van der Waals surface area (Å²) in [6.07, 6.45) is 0. The summed E-state index contributed by atoms with van der Waals surface area (Å²) in [4.78, 5) is 18.0. The topological polar surface area (TPSA) is 70.7 Å². The highest BCUT2D eigenvalue weighted by atomic mass is 35.5. The van der Waals surface area contributed by atoms with Gasteiger partial charge in [-0.15, -0.1) is 0 Å². The Kier molecular flexibility index (Phi) is 6.87. The van der Waals surface area contributed by atoms with E-state index in [0.29, 0.717) is 29.6 Å². The fraction of sp³-hybridized carbons (Fsp3) is 0.429. The minimum Gasteiger partial charge on any atom is -0.370 e. The van der Waals surface area contributed by atoms with Crippen LogP contribution in [0.15, 0.2) is 29.3 Å². The minimum atomic E-state index is -0.140. The molecule has 1 rings (SSSR count). The minimum absolute atomic E-state index is 0.140. The van der Waals surface area contributed by atoms with E-state index in [2.05, 4.69) is 10.3 Å². The van der Waals surface area contributed by atoms with Crippen molar-refractivity contribution < 1.29 is 4.79 Å². The van der Waals surface area contributed by atoms with Gasteiger partial charge in [-0.3, -0.25) is 9.79 Å². The first-order chi connectivity index (χ1) is 9.58. The Morgan fingerprint density at radius 2 is 1.90 bits per heavy atom. The second kappa shape index (κ2) is 8.43. The van der Waals surface area contributed by atoms with E-state index in [0.717, 1.165) is 13.1 Å². The number of nitrogens with two attached hydrogens (primary N) is 1. The molecule has 0 fully saturated rings. The van der Waals surface area contributed by atoms with Crippen molar-refractivity contribution in [2.24, 2.45) is 10.7 Å². The maximum Gasteiger partial charge on any atom is 0.251 e. The summed E-state index contributed by atoms with van der Waals surface area (Å²) in [6, 6.07) is 6.75. The molecule has 0 heterocycles. The molecule has 1 amide bonds. The molecule has 1 aromatic rings. The standard InChI is InChI=1S/C14H21ClN4O/c1-3-19(4-2)14(16)18-10-9-17-13(20)11-5-7-12(15)8-6-11/h5-8H,3-4,9-10H2,1-2H3,(H2,16,18)(H,17,20). The molecule has 0 unspecified atom stereocenters. The highest BCUT2D eigenvalue weighted by Crippen LogP contribution is 2.09. The molecule has 110 valence electrons. The monoisotopic (exact) mass is 296 g/mol. The average molecular weight is 297 g/mol. The number of amides is 1. The van der Waals surface area contributed by atoms with Crippen molar-refractivity contribution in [1.29, 1.82) is 0 Å². The van der Waals surface area contributed by atoms with Crippen LogP contribution in [0, 0.1) is 0 Å². The molecule has 0 aromatic heterocycles. The molecular weight excluding hydrogens is 276 g/mol. The molecule has 1 aromatic carbocycles. The van der Waals surface area contributed by atoms with Crippen molar-refractivity contribution in [2.75, 3.05) is 26.2 Å². The molecule has 0 aliphatic rings. The number of guanidine groups is 1. The summed E-state index contributed by atoms with van der Waals surface area (Å²) in [5.74, 6) is 0.369. The first-order valence-corrected chi connectivity index (χ1v) is 7.04. The summed E-state index contributed by atoms with van der Waals surface area (Å²) in [7, 11) is 0. The molecule has 0 radical (unpaired) electrons. The lowest BCUT2D eigenvalue weighted by atomic mass is 10.2. The lowest BCUT2D eigenvalue weighted by Gasteiger charge is -2.19. The summed E-state index contributed by atoms with van der Waals surface area (Å²) >= 11 is 5.77. The quantitative estimate of drug-likeness (QED) is 0.477. The van der Waals surface area contributed by atoms with Crippen LogP contribution in [0.5, 0.6) is 0 Å². The van der Waals surface area contributed by atoms with Gasteiger partial charge >= 0.3 is 0 Å². The zero-order valence-corrected chi connectivity index (χ0v) is 12.7. The number of aliphatic imine (C=N–C) groups is 1. The Hall–Kier alpha value is -1.75. The Labute approximate surface area is 124 Å². The number of carbonyl (C=O) groups is 1. The molecule has 0 bridgehead atoms. The zero-order valence-electron chi connectivity index (χ0n) is 11.9. The highest BCUT2D eigenvalue weighted by Gasteiger charge is 2.04. The molecule has 3 N–H and O–H groups in total. The second-order valence-electron chi connectivity index (χ2n) is 4.18. The molecule has 0 saturated heterocycles. The molecule has 6 heteroatoms. The van der Waals surface area contributed by atoms with Crippen LogP contribution < -0.4 is 11.1 Å². The van der Waals surface area contributed by atoms with Crippen LogP contribution in [0.4, 0.5) is 0 Å². The van der Waals surface area contributed by atoms with Gasteiger partial charge in [0, 0.05) is 30.2 Å². The third kappa shape index (κ3) is 5.09. The predicted molar refractivity (Wildman–Crippen MR) is 83.2 cm³/mol. The van der Waals surface area contributed by atoms with Gasteiger partial charge in [0.15, 0.2) is 5.96 Å². The van der Waals surface area contributed by atoms with Gasteiger partial charge in [0.1, 0.15) is 0 Å². The third-order valence-electron chi connectivity index (χ3n) is 2.87. The largest absolute Gasteiger partial charge is 0.370 e. The van der Waals surface area contributed by atoms with Gasteiger partial charge in [0.25, 0.3) is 5.91 Å². The van der Waals surface area contributed by atoms with E-state index in [1.165, 1.54) is 0 Å². The van der Waals surface area contributed by atoms with E-state index in [-0.39, 0.29) is 5.91 Å². The van der Waals surface area contributed by atoms with Crippen LogP contribution >= 0.6 is 11.6 Å². The van der Waals surface area contributed by atoms with Crippen LogP contribution in [0.3, 0.4) is 0 Å². The molecule has 0 spiro atoms. The van der Waals surface area contributed by atoms with Crippen molar-refractivity contribution in [2.45, 2.75) is 13.8 Å². The van der Waals surface area contributed by atoms with Gasteiger partial charge in [-0.2, -0.15) is 0 Å². The van der Waals surface area contributed by atoms with Crippen molar-refractivity contribution in [3.63, 3.8) is 0 Å². The van der Waals surface area contributed by atoms with Crippen molar-refractivity contribution in [1.82, 2.24) is 10.2 Å². The summed E-state index contributed by atoms with van der Waals surface area (Å²) in [5, 5.41) is 3.39. The fourth-order valence-corrected chi connectivity index (χ4v) is 1.82. The summed E-state index contributed by atoms with van der Waals surface area (Å²) in [6.45, 7) is 6.60. The van der Waals surface area contributed by atoms with Gasteiger partial charge in [0.2, 0.25) is 0 Å². The van der Waals surface area contributed by atoms with E-state index >= 15 is 0 Å². The number of nitrogens with zero attached hydrogens (tertiary/aromatic N) is 2. The second-order valence-corrected chi connectivity index (χ2v) is 4.61. The molecule has 0 saturated carbocycles. The summed E-state index contributed by atoms with van der Waals surface area (Å²) in [5.41, 5.74) is 6.41. The SMILES string of the molecule is CCN(CC)C(N)=NCCNC(=O)c1ccc(Cl)cc1. The van der Waals surface area contributed by atoms with Crippen molar-refractivity contribution in [3.8, 4) is 0 Å². The first-order valence-electron chi connectivity index (χ1n) is 6.67. The molecule has 20 heavy (non-hydrogen) atoms. The zero-order chi connectivity index (χ0) is 15.0. The maximum absolute atomic E-state index is 11.8. The Bertz CT molecular complexity index is 455. The van der Waals surface area contributed by atoms with E-state index in [9.17, 15) is 4.79 Å². The van der Waals surface area contributed by atoms with Gasteiger partial charge in [-0.25, -0.2) is 0 Å². The number of carbonyl (C=O) groups excluding carboxylic acids is 1. The van der Waals surface area contributed by atoms with E-state index in [4.69, 9.17) is 17.3 Å². The van der Waals surface area contributed by atoms with E-state index in [1.54, 1.807) is 24.3 Å². The van der Waals surface area contributed by atoms with Gasteiger partial charge in [0.05, 0.1) is 6.54 Å². The molecule has 0 aliphatic carbocycles. The van der Waals surface area contributed by atoms with Crippen LogP contribution in [0.25, 0.3) is 0 Å². The number of rotatable bonds is 6. The van der Waals surface area contributed by atoms with Crippen molar-refractivity contribution in [3.05, 3.63) is 34.9 Å². The van der Waals surface area contributed by atoms with E-state index in [1.807, 2.05) is 18.7 Å². The fourth-order valence-electron chi connectivity index (χ4n) is 1.69. The predicted octanol–water partition coefficient (Wildman–Crippen LogP) is 1.73. The van der Waals surface area contributed by atoms with Crippen LogP contribution in [0.2, 0.25) is 5.02 Å². The number of benzene rings is 1. The molecule has 5 nitrogen and oxygen atoms in total. The Morgan fingerprint density at radius 1 is 1.30 bits per heavy atom. The molecule has 0 aliphatic heterocycles. The van der Waals surface area contributed by atoms with Gasteiger partial charge in [-0.1, -0.05) is 11.6 Å². The first kappa shape index (κ1) is 16.3. The van der Waals surface area contributed by atoms with Gasteiger partial charge < -0.3 is 16.0 Å². The maximum atomic E-state index is 11.8. The van der Waals surface area contributed by atoms with Crippen molar-refractivity contribution >= 4 is 23.5 Å². The average Bonchev–Trinajstić information content (AvgIpc) is 2.45. The Balaban J connectivity index is 2.39. The number of hydrogen-bond donors (Lipinski definition) is 2. The van der Waals surface area contributed by atoms with Gasteiger partial charge in [-0.05, 0) is 38.1 Å². The van der Waals surface area contributed by atoms with Crippen LogP contribution in [-0.2, 0) is 0 Å². The third-order valence-corrected chi connectivity index (χ3v) is 3.12. The van der Waals surface area contributed by atoms with Crippen LogP contribution in [-0.4, -0.2) is 42.9 Å². The number of hydrogen-bond acceptors (Lipinski definition) is 2. The smallest absolute Gasteiger partial charge is 0.251 e. The lowest BCUT2D eigenvalue weighted by Crippen LogP contribution is -2.37. The number of nitrogens with one attached hydrogen (secondary N) is 1. The van der Waals surface area contributed by atoms with Crippen LogP contribution in [0.1, 0.15) is 24.2 Å².